The minimum Gasteiger partial charge on any atom is -0.345 e. The van der Waals surface area contributed by atoms with E-state index in [-0.39, 0.29) is 5.91 Å². The van der Waals surface area contributed by atoms with Crippen LogP contribution in [0.2, 0.25) is 0 Å². The molecule has 1 heterocycles. The molecule has 1 saturated carbocycles. The maximum absolute atomic E-state index is 12.7. The third-order valence-electron chi connectivity index (χ3n) is 5.50. The summed E-state index contributed by atoms with van der Waals surface area (Å²) in [5, 5.41) is 1.15. The molecule has 1 aliphatic carbocycles. The highest BCUT2D eigenvalue weighted by Crippen LogP contribution is 2.25. The molecule has 0 unspecified atom stereocenters. The highest BCUT2D eigenvalue weighted by atomic mass is 16.2. The van der Waals surface area contributed by atoms with Crippen LogP contribution in [0.25, 0.3) is 10.9 Å². The topological polar surface area (TPSA) is 33.2 Å². The van der Waals surface area contributed by atoms with E-state index in [4.69, 9.17) is 4.98 Å². The molecule has 1 aliphatic rings. The van der Waals surface area contributed by atoms with Crippen molar-refractivity contribution in [2.24, 2.45) is 5.92 Å². The molecule has 1 amide bonds. The van der Waals surface area contributed by atoms with Crippen molar-refractivity contribution in [3.63, 3.8) is 0 Å². The summed E-state index contributed by atoms with van der Waals surface area (Å²) in [6, 6.07) is 8.18. The number of amides is 1. The molecule has 3 rings (SSSR count). The van der Waals surface area contributed by atoms with Gasteiger partial charge in [0.05, 0.1) is 11.9 Å². The second-order valence-electron chi connectivity index (χ2n) is 7.27. The Balaban J connectivity index is 1.75. The molecule has 0 N–H and O–H groups in total. The molecule has 128 valence electrons. The van der Waals surface area contributed by atoms with Crippen molar-refractivity contribution in [1.82, 2.24) is 9.88 Å². The fourth-order valence-corrected chi connectivity index (χ4v) is 3.98. The third kappa shape index (κ3) is 3.61. The summed E-state index contributed by atoms with van der Waals surface area (Å²) >= 11 is 0. The predicted molar refractivity (Wildman–Crippen MR) is 99.1 cm³/mol. The number of hydrogen-bond acceptors (Lipinski definition) is 2. The number of aromatic nitrogens is 1. The summed E-state index contributed by atoms with van der Waals surface area (Å²) in [7, 11) is 1.95. The fraction of sp³-hybridized carbons (Fsp3) is 0.524. The Labute approximate surface area is 145 Å². The van der Waals surface area contributed by atoms with Gasteiger partial charge < -0.3 is 4.90 Å². The lowest BCUT2D eigenvalue weighted by Crippen LogP contribution is -2.34. The summed E-state index contributed by atoms with van der Waals surface area (Å²) in [5.74, 6) is 0.897. The Kier molecular flexibility index (Phi) is 5.17. The van der Waals surface area contributed by atoms with Crippen LogP contribution in [0.15, 0.2) is 24.3 Å². The molecule has 0 aliphatic heterocycles. The number of rotatable bonds is 4. The van der Waals surface area contributed by atoms with Gasteiger partial charge in [-0.05, 0) is 49.8 Å². The summed E-state index contributed by atoms with van der Waals surface area (Å²) in [6.07, 6.45) is 6.99. The fourth-order valence-electron chi connectivity index (χ4n) is 3.98. The van der Waals surface area contributed by atoms with E-state index in [0.29, 0.717) is 12.3 Å². The highest BCUT2D eigenvalue weighted by Gasteiger charge is 2.20. The number of aryl methyl sites for hydroxylation is 2. The van der Waals surface area contributed by atoms with Crippen molar-refractivity contribution in [3.8, 4) is 0 Å². The van der Waals surface area contributed by atoms with Crippen LogP contribution in [0.4, 0.5) is 0 Å². The number of carbonyl (C=O) groups is 1. The quantitative estimate of drug-likeness (QED) is 0.833. The summed E-state index contributed by atoms with van der Waals surface area (Å²) < 4.78 is 0. The van der Waals surface area contributed by atoms with Crippen LogP contribution in [0.3, 0.4) is 0 Å². The van der Waals surface area contributed by atoms with Crippen molar-refractivity contribution in [2.45, 2.75) is 52.4 Å². The molecule has 1 aromatic carbocycles. The van der Waals surface area contributed by atoms with E-state index in [1.54, 1.807) is 0 Å². The number of fused-ring (bicyclic) bond motifs is 1. The molecule has 3 heteroatoms. The first-order valence-electron chi connectivity index (χ1n) is 9.15. The Morgan fingerprint density at radius 2 is 1.88 bits per heavy atom. The van der Waals surface area contributed by atoms with Crippen molar-refractivity contribution in [1.29, 1.82) is 0 Å². The summed E-state index contributed by atoms with van der Waals surface area (Å²) in [5.41, 5.74) is 4.27. The van der Waals surface area contributed by atoms with Gasteiger partial charge in [0, 0.05) is 24.7 Å². The average Bonchev–Trinajstić information content (AvgIpc) is 2.59. The van der Waals surface area contributed by atoms with Crippen LogP contribution in [-0.2, 0) is 11.2 Å². The second-order valence-corrected chi connectivity index (χ2v) is 7.27. The van der Waals surface area contributed by atoms with Crippen LogP contribution in [0, 0.1) is 19.8 Å². The Hall–Kier alpha value is -1.90. The first kappa shape index (κ1) is 16.9. The lowest BCUT2D eigenvalue weighted by atomic mass is 9.89. The molecule has 3 nitrogen and oxygen atoms in total. The van der Waals surface area contributed by atoms with Crippen molar-refractivity contribution >= 4 is 16.8 Å². The van der Waals surface area contributed by atoms with Gasteiger partial charge >= 0.3 is 0 Å². The van der Waals surface area contributed by atoms with Crippen LogP contribution in [0.5, 0.6) is 0 Å². The SMILES string of the molecule is Cc1nc2ccccc2c(C)c1CC(=O)N(C)CC1CCCCC1. The number of benzene rings is 1. The molecule has 1 aromatic heterocycles. The smallest absolute Gasteiger partial charge is 0.226 e. The number of carbonyl (C=O) groups excluding carboxylic acids is 1. The van der Waals surface area contributed by atoms with Crippen molar-refractivity contribution in [3.05, 3.63) is 41.1 Å². The molecule has 2 aromatic rings. The van der Waals surface area contributed by atoms with Gasteiger partial charge in [-0.1, -0.05) is 37.5 Å². The zero-order chi connectivity index (χ0) is 17.1. The maximum Gasteiger partial charge on any atom is 0.226 e. The van der Waals surface area contributed by atoms with Crippen LogP contribution in [-0.4, -0.2) is 29.4 Å². The molecular formula is C21H28N2O. The molecule has 0 atom stereocenters. The van der Waals surface area contributed by atoms with Gasteiger partial charge in [0.15, 0.2) is 0 Å². The maximum atomic E-state index is 12.7. The van der Waals surface area contributed by atoms with Crippen molar-refractivity contribution in [2.75, 3.05) is 13.6 Å². The zero-order valence-corrected chi connectivity index (χ0v) is 15.1. The van der Waals surface area contributed by atoms with Gasteiger partial charge in [-0.3, -0.25) is 9.78 Å². The first-order valence-corrected chi connectivity index (χ1v) is 9.15. The van der Waals surface area contributed by atoms with E-state index in [9.17, 15) is 4.79 Å². The highest BCUT2D eigenvalue weighted by molar-refractivity contribution is 5.86. The largest absolute Gasteiger partial charge is 0.345 e. The zero-order valence-electron chi connectivity index (χ0n) is 15.1. The number of para-hydroxylation sites is 1. The minimum absolute atomic E-state index is 0.212. The van der Waals surface area contributed by atoms with Gasteiger partial charge in [-0.25, -0.2) is 0 Å². The molecule has 0 bridgehead atoms. The van der Waals surface area contributed by atoms with E-state index in [1.807, 2.05) is 37.1 Å². The third-order valence-corrected chi connectivity index (χ3v) is 5.50. The monoisotopic (exact) mass is 324 g/mol. The van der Waals surface area contributed by atoms with Crippen molar-refractivity contribution < 1.29 is 4.79 Å². The standard InChI is InChI=1S/C21H28N2O/c1-15-18-11-7-8-12-20(18)22-16(2)19(15)13-21(24)23(3)14-17-9-5-4-6-10-17/h7-8,11-12,17H,4-6,9-10,13-14H2,1-3H3. The van der Waals surface area contributed by atoms with Crippen LogP contribution in [0.1, 0.15) is 48.9 Å². The number of hydrogen-bond donors (Lipinski definition) is 0. The van der Waals surface area contributed by atoms with E-state index in [0.717, 1.165) is 28.7 Å². The van der Waals surface area contributed by atoms with E-state index >= 15 is 0 Å². The number of nitrogens with zero attached hydrogens (tertiary/aromatic N) is 2. The van der Waals surface area contributed by atoms with E-state index < -0.39 is 0 Å². The Morgan fingerprint density at radius 3 is 2.62 bits per heavy atom. The van der Waals surface area contributed by atoms with Crippen LogP contribution < -0.4 is 0 Å². The lowest BCUT2D eigenvalue weighted by Gasteiger charge is -2.27. The molecule has 0 spiro atoms. The normalized spacial score (nSPS) is 15.6. The molecule has 24 heavy (non-hydrogen) atoms. The molecular weight excluding hydrogens is 296 g/mol. The van der Waals surface area contributed by atoms with Gasteiger partial charge in [0.2, 0.25) is 5.91 Å². The van der Waals surface area contributed by atoms with E-state index in [1.165, 1.54) is 37.7 Å². The first-order chi connectivity index (χ1) is 11.6. The molecule has 1 fully saturated rings. The minimum atomic E-state index is 0.212. The van der Waals surface area contributed by atoms with Gasteiger partial charge in [-0.2, -0.15) is 0 Å². The average molecular weight is 324 g/mol. The predicted octanol–water partition coefficient (Wildman–Crippen LogP) is 4.43. The van der Waals surface area contributed by atoms with E-state index in [2.05, 4.69) is 13.0 Å². The molecule has 0 saturated heterocycles. The summed E-state index contributed by atoms with van der Waals surface area (Å²) in [4.78, 5) is 19.4. The Morgan fingerprint density at radius 1 is 1.17 bits per heavy atom. The second kappa shape index (κ2) is 7.33. The number of pyridine rings is 1. The van der Waals surface area contributed by atoms with Gasteiger partial charge in [-0.15, -0.1) is 0 Å². The van der Waals surface area contributed by atoms with Gasteiger partial charge in [0.1, 0.15) is 0 Å². The number of likely N-dealkylation sites (N-methyl/N-ethyl adjacent to an activating group) is 1. The Bertz CT molecular complexity index is 732. The lowest BCUT2D eigenvalue weighted by molar-refractivity contribution is -0.129. The molecule has 0 radical (unpaired) electrons. The summed E-state index contributed by atoms with van der Waals surface area (Å²) in [6.45, 7) is 5.03. The van der Waals surface area contributed by atoms with Gasteiger partial charge in [0.25, 0.3) is 0 Å². The van der Waals surface area contributed by atoms with Crippen LogP contribution >= 0.6 is 0 Å².